The van der Waals surface area contributed by atoms with E-state index in [0.29, 0.717) is 17.9 Å². The summed E-state index contributed by atoms with van der Waals surface area (Å²) >= 11 is 1.41. The first-order valence-electron chi connectivity index (χ1n) is 5.35. The van der Waals surface area contributed by atoms with Gasteiger partial charge in [0, 0.05) is 12.1 Å². The Morgan fingerprint density at radius 2 is 2.33 bits per heavy atom. The average molecular weight is 267 g/mol. The van der Waals surface area contributed by atoms with E-state index in [0.717, 1.165) is 0 Å². The van der Waals surface area contributed by atoms with Gasteiger partial charge in [-0.2, -0.15) is 11.8 Å². The van der Waals surface area contributed by atoms with Crippen LogP contribution in [0.4, 0.5) is 10.1 Å². The Morgan fingerprint density at radius 1 is 1.56 bits per heavy atom. The molecule has 0 spiro atoms. The molecule has 2 N–H and O–H groups in total. The van der Waals surface area contributed by atoms with Gasteiger partial charge in [-0.25, -0.2) is 4.39 Å². The van der Waals surface area contributed by atoms with Gasteiger partial charge in [-0.1, -0.05) is 11.8 Å². The summed E-state index contributed by atoms with van der Waals surface area (Å²) in [5, 5.41) is 11.2. The highest BCUT2D eigenvalue weighted by Gasteiger charge is 2.04. The number of aliphatic hydroxyl groups excluding tert-OH is 1. The normalized spacial score (nSPS) is 9.50. The van der Waals surface area contributed by atoms with Crippen molar-refractivity contribution in [3.63, 3.8) is 0 Å². The maximum absolute atomic E-state index is 13.4. The Kier molecular flexibility index (Phi) is 6.26. The molecule has 0 fully saturated rings. The van der Waals surface area contributed by atoms with Crippen molar-refractivity contribution in [2.75, 3.05) is 23.9 Å². The first kappa shape index (κ1) is 14.6. The number of thioether (sulfide) groups is 1. The molecule has 0 heterocycles. The minimum absolute atomic E-state index is 0.0568. The van der Waals surface area contributed by atoms with Crippen LogP contribution in [0.2, 0.25) is 0 Å². The molecule has 0 aliphatic rings. The van der Waals surface area contributed by atoms with Crippen molar-refractivity contribution in [1.82, 2.24) is 0 Å². The highest BCUT2D eigenvalue weighted by Crippen LogP contribution is 2.14. The van der Waals surface area contributed by atoms with E-state index in [1.807, 2.05) is 6.26 Å². The molecule has 0 aliphatic heterocycles. The van der Waals surface area contributed by atoms with E-state index in [9.17, 15) is 9.18 Å². The minimum Gasteiger partial charge on any atom is -0.395 e. The van der Waals surface area contributed by atoms with Crippen molar-refractivity contribution in [2.45, 2.75) is 6.42 Å². The summed E-state index contributed by atoms with van der Waals surface area (Å²) in [6.45, 7) is -0.0568. The molecule has 96 valence electrons. The van der Waals surface area contributed by atoms with Crippen LogP contribution in [-0.4, -0.2) is 29.6 Å². The lowest BCUT2D eigenvalue weighted by Gasteiger charge is -2.05. The Hall–Kier alpha value is -1.51. The number of hydrogen-bond donors (Lipinski definition) is 2. The van der Waals surface area contributed by atoms with Crippen molar-refractivity contribution in [3.8, 4) is 11.8 Å². The van der Waals surface area contributed by atoms with Crippen LogP contribution >= 0.6 is 11.8 Å². The molecular formula is C13H14FNO2S. The lowest BCUT2D eigenvalue weighted by molar-refractivity contribution is -0.113. The molecule has 0 aliphatic carbocycles. The summed E-state index contributed by atoms with van der Waals surface area (Å²) in [6.07, 6.45) is 2.12. The molecule has 18 heavy (non-hydrogen) atoms. The summed E-state index contributed by atoms with van der Waals surface area (Å²) in [4.78, 5) is 11.4. The predicted octanol–water partition coefficient (Wildman–Crippen LogP) is 1.86. The first-order valence-corrected chi connectivity index (χ1v) is 6.75. The van der Waals surface area contributed by atoms with E-state index >= 15 is 0 Å². The highest BCUT2D eigenvalue weighted by molar-refractivity contribution is 7.99. The second-order valence-corrected chi connectivity index (χ2v) is 4.32. The fourth-order valence-electron chi connectivity index (χ4n) is 1.24. The summed E-state index contributed by atoms with van der Waals surface area (Å²) in [6, 6.07) is 4.24. The van der Waals surface area contributed by atoms with E-state index in [-0.39, 0.29) is 18.1 Å². The van der Waals surface area contributed by atoms with Crippen molar-refractivity contribution in [1.29, 1.82) is 0 Å². The molecule has 0 unspecified atom stereocenters. The maximum atomic E-state index is 13.4. The third-order valence-electron chi connectivity index (χ3n) is 1.99. The van der Waals surface area contributed by atoms with Crippen LogP contribution in [0.25, 0.3) is 0 Å². The number of anilines is 1. The third-order valence-corrected chi connectivity index (χ3v) is 2.54. The van der Waals surface area contributed by atoms with Crippen LogP contribution in [0.5, 0.6) is 0 Å². The smallest absolute Gasteiger partial charge is 0.234 e. The van der Waals surface area contributed by atoms with Gasteiger partial charge in [0.1, 0.15) is 5.82 Å². The lowest BCUT2D eigenvalue weighted by atomic mass is 10.2. The average Bonchev–Trinajstić information content (AvgIpc) is 2.34. The van der Waals surface area contributed by atoms with Crippen LogP contribution in [0.15, 0.2) is 18.2 Å². The molecule has 0 saturated carbocycles. The molecule has 1 amide bonds. The number of carbonyl (C=O) groups excluding carboxylic acids is 1. The monoisotopic (exact) mass is 267 g/mol. The van der Waals surface area contributed by atoms with Crippen molar-refractivity contribution < 1.29 is 14.3 Å². The van der Waals surface area contributed by atoms with Crippen LogP contribution in [0, 0.1) is 17.7 Å². The Balaban J connectivity index is 2.81. The molecule has 1 rings (SSSR count). The van der Waals surface area contributed by atoms with Gasteiger partial charge >= 0.3 is 0 Å². The Bertz CT molecular complexity index is 480. The molecule has 0 radical (unpaired) electrons. The predicted molar refractivity (Wildman–Crippen MR) is 72.0 cm³/mol. The molecule has 0 atom stereocenters. The number of aliphatic hydroxyl groups is 1. The SMILES string of the molecule is CSCC(=O)Nc1ccc(F)c(C#CCCO)c1. The molecule has 1 aromatic rings. The zero-order valence-corrected chi connectivity index (χ0v) is 10.8. The molecular weight excluding hydrogens is 253 g/mol. The number of hydrogen-bond acceptors (Lipinski definition) is 3. The van der Waals surface area contributed by atoms with Gasteiger partial charge in [-0.05, 0) is 24.5 Å². The lowest BCUT2D eigenvalue weighted by Crippen LogP contribution is -2.13. The molecule has 0 aromatic heterocycles. The van der Waals surface area contributed by atoms with E-state index in [1.54, 1.807) is 0 Å². The summed E-state index contributed by atoms with van der Waals surface area (Å²) < 4.78 is 13.4. The second-order valence-electron chi connectivity index (χ2n) is 3.45. The summed E-state index contributed by atoms with van der Waals surface area (Å²) in [5.41, 5.74) is 0.731. The molecule has 0 bridgehead atoms. The minimum atomic E-state index is -0.441. The number of carbonyl (C=O) groups is 1. The Labute approximate surface area is 110 Å². The van der Waals surface area contributed by atoms with Crippen LogP contribution in [0.3, 0.4) is 0 Å². The number of amides is 1. The standard InChI is InChI=1S/C13H14FNO2S/c1-18-9-13(17)15-11-5-6-12(14)10(8-11)4-2-3-7-16/h5-6,8,16H,3,7,9H2,1H3,(H,15,17). The molecule has 0 saturated heterocycles. The van der Waals surface area contributed by atoms with Gasteiger partial charge in [0.15, 0.2) is 0 Å². The zero-order valence-electron chi connectivity index (χ0n) is 10.00. The van der Waals surface area contributed by atoms with Gasteiger partial charge in [0.25, 0.3) is 0 Å². The first-order chi connectivity index (χ1) is 8.67. The van der Waals surface area contributed by atoms with E-state index < -0.39 is 5.82 Å². The number of rotatable bonds is 4. The van der Waals surface area contributed by atoms with Crippen LogP contribution < -0.4 is 5.32 Å². The second kappa shape index (κ2) is 7.75. The molecule has 5 heteroatoms. The summed E-state index contributed by atoms with van der Waals surface area (Å²) in [7, 11) is 0. The van der Waals surface area contributed by atoms with Crippen LogP contribution in [0.1, 0.15) is 12.0 Å². The fraction of sp³-hybridized carbons (Fsp3) is 0.308. The van der Waals surface area contributed by atoms with Crippen molar-refractivity contribution in [3.05, 3.63) is 29.6 Å². The van der Waals surface area contributed by atoms with Gasteiger partial charge in [-0.3, -0.25) is 4.79 Å². The zero-order chi connectivity index (χ0) is 13.4. The van der Waals surface area contributed by atoms with Crippen LogP contribution in [-0.2, 0) is 4.79 Å². The van der Waals surface area contributed by atoms with Crippen molar-refractivity contribution in [2.24, 2.45) is 0 Å². The van der Waals surface area contributed by atoms with E-state index in [2.05, 4.69) is 17.2 Å². The van der Waals surface area contributed by atoms with Gasteiger partial charge in [0.05, 0.1) is 17.9 Å². The largest absolute Gasteiger partial charge is 0.395 e. The maximum Gasteiger partial charge on any atom is 0.234 e. The van der Waals surface area contributed by atoms with E-state index in [4.69, 9.17) is 5.11 Å². The Morgan fingerprint density at radius 3 is 3.00 bits per heavy atom. The topological polar surface area (TPSA) is 49.3 Å². The fourth-order valence-corrected chi connectivity index (χ4v) is 1.57. The third kappa shape index (κ3) is 4.78. The van der Waals surface area contributed by atoms with Crippen molar-refractivity contribution >= 4 is 23.4 Å². The molecule has 3 nitrogen and oxygen atoms in total. The molecule has 1 aromatic carbocycles. The quantitative estimate of drug-likeness (QED) is 0.819. The number of benzene rings is 1. The van der Waals surface area contributed by atoms with Gasteiger partial charge in [0.2, 0.25) is 5.91 Å². The van der Waals surface area contributed by atoms with E-state index in [1.165, 1.54) is 30.0 Å². The number of nitrogens with one attached hydrogen (secondary N) is 1. The van der Waals surface area contributed by atoms with Gasteiger partial charge < -0.3 is 10.4 Å². The highest BCUT2D eigenvalue weighted by atomic mass is 32.2. The number of halogens is 1. The summed E-state index contributed by atoms with van der Waals surface area (Å²) in [5.74, 6) is 5.03. The van der Waals surface area contributed by atoms with Gasteiger partial charge in [-0.15, -0.1) is 0 Å².